The predicted octanol–water partition coefficient (Wildman–Crippen LogP) is 3.31. The van der Waals surface area contributed by atoms with Gasteiger partial charge in [-0.3, -0.25) is 4.79 Å². The highest BCUT2D eigenvalue weighted by molar-refractivity contribution is 6.29. The zero-order valence-corrected chi connectivity index (χ0v) is 11.7. The van der Waals surface area contributed by atoms with Crippen molar-refractivity contribution < 1.29 is 22.7 Å². The molecule has 0 fully saturated rings. The third-order valence-corrected chi connectivity index (χ3v) is 2.79. The monoisotopic (exact) mass is 309 g/mol. The number of carbonyl (C=O) groups is 1. The number of nitrogens with zero attached hydrogens (tertiary/aromatic N) is 1. The van der Waals surface area contributed by atoms with Crippen molar-refractivity contribution in [2.75, 3.05) is 30.5 Å². The van der Waals surface area contributed by atoms with Crippen LogP contribution in [-0.2, 0) is 15.7 Å². The molecule has 1 aromatic carbocycles. The van der Waals surface area contributed by atoms with E-state index in [4.69, 9.17) is 16.3 Å². The molecule has 1 rings (SSSR count). The first-order valence-electron chi connectivity index (χ1n) is 6.01. The summed E-state index contributed by atoms with van der Waals surface area (Å²) in [7, 11) is 0. The molecular weight excluding hydrogens is 295 g/mol. The van der Waals surface area contributed by atoms with Crippen molar-refractivity contribution in [3.63, 3.8) is 0 Å². The molecule has 0 heterocycles. The predicted molar refractivity (Wildman–Crippen MR) is 71.0 cm³/mol. The summed E-state index contributed by atoms with van der Waals surface area (Å²) in [5.74, 6) is -0.770. The standard InChI is InChI=1S/C13H15ClF3NO2/c1-2-20-7-6-18(12(19)9-14)11-5-3-4-10(8-11)13(15,16)17/h3-5,8H,2,6-7,9H2,1H3. The molecule has 20 heavy (non-hydrogen) atoms. The molecule has 0 saturated heterocycles. The molecule has 0 spiro atoms. The van der Waals surface area contributed by atoms with Crippen molar-refractivity contribution in [3.8, 4) is 0 Å². The molecule has 0 N–H and O–H groups in total. The minimum absolute atomic E-state index is 0.153. The van der Waals surface area contributed by atoms with Crippen molar-refractivity contribution in [2.24, 2.45) is 0 Å². The highest BCUT2D eigenvalue weighted by Gasteiger charge is 2.31. The fourth-order valence-corrected chi connectivity index (χ4v) is 1.76. The fraction of sp³-hybridized carbons (Fsp3) is 0.462. The number of rotatable bonds is 6. The van der Waals surface area contributed by atoms with Crippen LogP contribution in [0.25, 0.3) is 0 Å². The second kappa shape index (κ2) is 7.50. The quantitative estimate of drug-likeness (QED) is 0.596. The summed E-state index contributed by atoms with van der Waals surface area (Å²) in [6.07, 6.45) is -4.45. The van der Waals surface area contributed by atoms with Gasteiger partial charge in [0, 0.05) is 18.8 Å². The van der Waals surface area contributed by atoms with Gasteiger partial charge in [0.25, 0.3) is 0 Å². The normalized spacial score (nSPS) is 11.4. The molecule has 0 aliphatic rings. The Kier molecular flexibility index (Phi) is 6.29. The number of hydrogen-bond acceptors (Lipinski definition) is 2. The van der Waals surface area contributed by atoms with E-state index in [2.05, 4.69) is 0 Å². The Balaban J connectivity index is 2.98. The second-order valence-electron chi connectivity index (χ2n) is 3.92. The molecular formula is C13H15ClF3NO2. The largest absolute Gasteiger partial charge is 0.416 e. The summed E-state index contributed by atoms with van der Waals surface area (Å²) in [5, 5.41) is 0. The van der Waals surface area contributed by atoms with Gasteiger partial charge in [-0.2, -0.15) is 13.2 Å². The van der Waals surface area contributed by atoms with Crippen LogP contribution in [0.2, 0.25) is 0 Å². The highest BCUT2D eigenvalue weighted by atomic mass is 35.5. The number of carbonyl (C=O) groups excluding carboxylic acids is 1. The first-order valence-corrected chi connectivity index (χ1v) is 6.55. The average Bonchev–Trinajstić information content (AvgIpc) is 2.42. The number of anilines is 1. The molecule has 0 unspecified atom stereocenters. The lowest BCUT2D eigenvalue weighted by Gasteiger charge is -2.22. The zero-order valence-electron chi connectivity index (χ0n) is 10.9. The summed E-state index contributed by atoms with van der Waals surface area (Å²) in [5.41, 5.74) is -0.649. The smallest absolute Gasteiger partial charge is 0.380 e. The van der Waals surface area contributed by atoms with E-state index in [1.165, 1.54) is 17.0 Å². The summed E-state index contributed by atoms with van der Waals surface area (Å²) in [4.78, 5) is 12.9. The minimum atomic E-state index is -4.45. The summed E-state index contributed by atoms with van der Waals surface area (Å²) >= 11 is 5.48. The lowest BCUT2D eigenvalue weighted by atomic mass is 10.2. The van der Waals surface area contributed by atoms with Gasteiger partial charge in [-0.05, 0) is 25.1 Å². The van der Waals surface area contributed by atoms with E-state index in [9.17, 15) is 18.0 Å². The lowest BCUT2D eigenvalue weighted by molar-refractivity contribution is -0.137. The van der Waals surface area contributed by atoms with Crippen molar-refractivity contribution in [3.05, 3.63) is 29.8 Å². The molecule has 0 aliphatic carbocycles. The third kappa shape index (κ3) is 4.68. The molecule has 0 atom stereocenters. The molecule has 112 valence electrons. The van der Waals surface area contributed by atoms with E-state index in [0.717, 1.165) is 12.1 Å². The Morgan fingerprint density at radius 1 is 1.40 bits per heavy atom. The van der Waals surface area contributed by atoms with Crippen LogP contribution in [0, 0.1) is 0 Å². The molecule has 3 nitrogen and oxygen atoms in total. The maximum atomic E-state index is 12.7. The van der Waals surface area contributed by atoms with Gasteiger partial charge >= 0.3 is 6.18 Å². The van der Waals surface area contributed by atoms with Gasteiger partial charge in [-0.1, -0.05) is 6.07 Å². The summed E-state index contributed by atoms with van der Waals surface area (Å²) in [6, 6.07) is 4.57. The number of ether oxygens (including phenoxy) is 1. The van der Waals surface area contributed by atoms with Crippen LogP contribution in [0.4, 0.5) is 18.9 Å². The average molecular weight is 310 g/mol. The number of amides is 1. The Bertz CT molecular complexity index is 451. The SMILES string of the molecule is CCOCCN(C(=O)CCl)c1cccc(C(F)(F)F)c1. The van der Waals surface area contributed by atoms with Gasteiger partial charge in [0.1, 0.15) is 5.88 Å². The van der Waals surface area contributed by atoms with Gasteiger partial charge in [-0.25, -0.2) is 0 Å². The van der Waals surface area contributed by atoms with Gasteiger partial charge in [0.05, 0.1) is 12.2 Å². The number of hydrogen-bond donors (Lipinski definition) is 0. The Hall–Kier alpha value is -1.27. The molecule has 7 heteroatoms. The number of alkyl halides is 4. The molecule has 0 radical (unpaired) electrons. The van der Waals surface area contributed by atoms with Crippen molar-refractivity contribution in [2.45, 2.75) is 13.1 Å². The van der Waals surface area contributed by atoms with Gasteiger partial charge in [-0.15, -0.1) is 11.6 Å². The van der Waals surface area contributed by atoms with E-state index in [1.54, 1.807) is 6.92 Å². The van der Waals surface area contributed by atoms with Gasteiger partial charge in [0.2, 0.25) is 5.91 Å². The van der Waals surface area contributed by atoms with Crippen LogP contribution in [0.5, 0.6) is 0 Å². The molecule has 0 aliphatic heterocycles. The van der Waals surface area contributed by atoms with Crippen LogP contribution in [0.1, 0.15) is 12.5 Å². The van der Waals surface area contributed by atoms with E-state index < -0.39 is 17.6 Å². The maximum absolute atomic E-state index is 12.7. The van der Waals surface area contributed by atoms with Crippen LogP contribution in [0.15, 0.2) is 24.3 Å². The maximum Gasteiger partial charge on any atom is 0.416 e. The highest BCUT2D eigenvalue weighted by Crippen LogP contribution is 2.31. The topological polar surface area (TPSA) is 29.5 Å². The Morgan fingerprint density at radius 3 is 2.65 bits per heavy atom. The third-order valence-electron chi connectivity index (χ3n) is 2.56. The van der Waals surface area contributed by atoms with Crippen LogP contribution in [-0.4, -0.2) is 31.5 Å². The van der Waals surface area contributed by atoms with E-state index >= 15 is 0 Å². The molecule has 1 amide bonds. The van der Waals surface area contributed by atoms with Gasteiger partial charge < -0.3 is 9.64 Å². The van der Waals surface area contributed by atoms with Gasteiger partial charge in [0.15, 0.2) is 0 Å². The molecule has 0 saturated carbocycles. The van der Waals surface area contributed by atoms with Crippen LogP contribution in [0.3, 0.4) is 0 Å². The van der Waals surface area contributed by atoms with Crippen LogP contribution < -0.4 is 4.90 Å². The molecule has 1 aromatic rings. The van der Waals surface area contributed by atoms with Crippen molar-refractivity contribution in [1.29, 1.82) is 0 Å². The van der Waals surface area contributed by atoms with E-state index in [-0.39, 0.29) is 24.7 Å². The van der Waals surface area contributed by atoms with Crippen molar-refractivity contribution >= 4 is 23.2 Å². The van der Waals surface area contributed by atoms with E-state index in [0.29, 0.717) is 6.61 Å². The Labute approximate surface area is 120 Å². The van der Waals surface area contributed by atoms with E-state index in [1.807, 2.05) is 0 Å². The fourth-order valence-electron chi connectivity index (χ4n) is 1.62. The first-order chi connectivity index (χ1) is 9.40. The Morgan fingerprint density at radius 2 is 2.10 bits per heavy atom. The molecule has 0 aromatic heterocycles. The van der Waals surface area contributed by atoms with Crippen LogP contribution >= 0.6 is 11.6 Å². The number of halogens is 4. The molecule has 0 bridgehead atoms. The first kappa shape index (κ1) is 16.8. The second-order valence-corrected chi connectivity index (χ2v) is 4.19. The minimum Gasteiger partial charge on any atom is -0.380 e. The van der Waals surface area contributed by atoms with Crippen molar-refractivity contribution in [1.82, 2.24) is 0 Å². The summed E-state index contributed by atoms with van der Waals surface area (Å²) in [6.45, 7) is 2.64. The zero-order chi connectivity index (χ0) is 15.2. The summed E-state index contributed by atoms with van der Waals surface area (Å²) < 4.78 is 43.1. The lowest BCUT2D eigenvalue weighted by Crippen LogP contribution is -2.35. The number of benzene rings is 1.